The molecule has 3 nitrogen and oxygen atoms in total. The van der Waals surface area contributed by atoms with Crippen LogP contribution >= 0.6 is 0 Å². The predicted molar refractivity (Wildman–Crippen MR) is 87.3 cm³/mol. The molecular formula is C18H24N2O. The number of nitrogens with one attached hydrogen (secondary N) is 1. The fraction of sp³-hybridized carbons (Fsp3) is 0.333. The van der Waals surface area contributed by atoms with Crippen molar-refractivity contribution in [2.24, 2.45) is 5.84 Å². The lowest BCUT2D eigenvalue weighted by Crippen LogP contribution is -2.29. The highest BCUT2D eigenvalue weighted by Gasteiger charge is 2.15. The van der Waals surface area contributed by atoms with Gasteiger partial charge >= 0.3 is 0 Å². The minimum absolute atomic E-state index is 0.0323. The summed E-state index contributed by atoms with van der Waals surface area (Å²) in [6, 6.07) is 14.4. The number of nitrogens with two attached hydrogens (primary N) is 1. The van der Waals surface area contributed by atoms with E-state index in [2.05, 4.69) is 56.5 Å². The molecule has 0 aliphatic rings. The van der Waals surface area contributed by atoms with E-state index in [0.29, 0.717) is 0 Å². The van der Waals surface area contributed by atoms with Crippen LogP contribution in [0, 0.1) is 13.8 Å². The van der Waals surface area contributed by atoms with Crippen molar-refractivity contribution in [2.75, 3.05) is 6.61 Å². The van der Waals surface area contributed by atoms with Crippen molar-refractivity contribution in [1.29, 1.82) is 0 Å². The molecule has 21 heavy (non-hydrogen) atoms. The van der Waals surface area contributed by atoms with Gasteiger partial charge in [-0.1, -0.05) is 37.3 Å². The van der Waals surface area contributed by atoms with E-state index >= 15 is 0 Å². The summed E-state index contributed by atoms with van der Waals surface area (Å²) < 4.78 is 5.71. The standard InChI is InChI=1S/C18H24N2O/c1-4-11-21-16-9-6-8-15(12-16)18(20-19)17-10-5-7-13(2)14(17)3/h5-10,12,18,20H,4,11,19H2,1-3H3. The number of hydrogen-bond acceptors (Lipinski definition) is 3. The lowest BCUT2D eigenvalue weighted by Gasteiger charge is -2.21. The summed E-state index contributed by atoms with van der Waals surface area (Å²) in [6.07, 6.45) is 1.000. The summed E-state index contributed by atoms with van der Waals surface area (Å²) >= 11 is 0. The van der Waals surface area contributed by atoms with Gasteiger partial charge in [0.15, 0.2) is 0 Å². The number of ether oxygens (including phenoxy) is 1. The van der Waals surface area contributed by atoms with Crippen LogP contribution in [0.3, 0.4) is 0 Å². The maximum Gasteiger partial charge on any atom is 0.119 e. The SMILES string of the molecule is CCCOc1cccc(C(NN)c2cccc(C)c2C)c1. The number of rotatable bonds is 6. The molecule has 0 heterocycles. The highest BCUT2D eigenvalue weighted by molar-refractivity contribution is 5.42. The minimum atomic E-state index is -0.0323. The van der Waals surface area contributed by atoms with Gasteiger partial charge in [0.2, 0.25) is 0 Å². The molecule has 1 unspecified atom stereocenters. The van der Waals surface area contributed by atoms with Gasteiger partial charge in [-0.25, -0.2) is 5.43 Å². The molecule has 1 atom stereocenters. The zero-order valence-corrected chi connectivity index (χ0v) is 13.0. The lowest BCUT2D eigenvalue weighted by atomic mass is 9.93. The Bertz CT molecular complexity index is 596. The molecule has 0 saturated heterocycles. The van der Waals surface area contributed by atoms with Crippen LogP contribution in [0.2, 0.25) is 0 Å². The third kappa shape index (κ3) is 3.63. The molecule has 0 aromatic heterocycles. The van der Waals surface area contributed by atoms with Crippen molar-refractivity contribution in [1.82, 2.24) is 5.43 Å². The monoisotopic (exact) mass is 284 g/mol. The van der Waals surface area contributed by atoms with Gasteiger partial charge in [0.25, 0.3) is 0 Å². The molecule has 0 spiro atoms. The van der Waals surface area contributed by atoms with E-state index in [1.54, 1.807) is 0 Å². The minimum Gasteiger partial charge on any atom is -0.494 e. The average Bonchev–Trinajstić information content (AvgIpc) is 2.50. The van der Waals surface area contributed by atoms with Gasteiger partial charge in [-0.3, -0.25) is 5.84 Å². The van der Waals surface area contributed by atoms with E-state index in [9.17, 15) is 0 Å². The zero-order chi connectivity index (χ0) is 15.2. The maximum atomic E-state index is 5.82. The normalized spacial score (nSPS) is 12.2. The molecule has 0 bridgehead atoms. The van der Waals surface area contributed by atoms with E-state index in [-0.39, 0.29) is 6.04 Å². The van der Waals surface area contributed by atoms with Crippen LogP contribution in [0.4, 0.5) is 0 Å². The first-order chi connectivity index (χ1) is 10.2. The lowest BCUT2D eigenvalue weighted by molar-refractivity contribution is 0.317. The van der Waals surface area contributed by atoms with Gasteiger partial charge in [-0.05, 0) is 54.7 Å². The summed E-state index contributed by atoms with van der Waals surface area (Å²) in [4.78, 5) is 0. The smallest absolute Gasteiger partial charge is 0.119 e. The van der Waals surface area contributed by atoms with Gasteiger partial charge in [0.05, 0.1) is 12.6 Å². The topological polar surface area (TPSA) is 47.3 Å². The van der Waals surface area contributed by atoms with Crippen molar-refractivity contribution in [3.63, 3.8) is 0 Å². The molecule has 3 N–H and O–H groups in total. The van der Waals surface area contributed by atoms with Crippen LogP contribution in [-0.2, 0) is 0 Å². The molecule has 112 valence electrons. The second-order valence-electron chi connectivity index (χ2n) is 5.31. The highest BCUT2D eigenvalue weighted by atomic mass is 16.5. The van der Waals surface area contributed by atoms with Gasteiger partial charge in [0.1, 0.15) is 5.75 Å². The van der Waals surface area contributed by atoms with Crippen LogP contribution in [0.15, 0.2) is 42.5 Å². The molecule has 0 aliphatic heterocycles. The number of hydrazine groups is 1. The van der Waals surface area contributed by atoms with Crippen molar-refractivity contribution in [2.45, 2.75) is 33.2 Å². The van der Waals surface area contributed by atoms with E-state index < -0.39 is 0 Å². The molecule has 2 rings (SSSR count). The largest absolute Gasteiger partial charge is 0.494 e. The van der Waals surface area contributed by atoms with Gasteiger partial charge in [-0.15, -0.1) is 0 Å². The summed E-state index contributed by atoms with van der Waals surface area (Å²) in [5.74, 6) is 6.70. The molecule has 0 aliphatic carbocycles. The Morgan fingerprint density at radius 2 is 1.90 bits per heavy atom. The predicted octanol–water partition coefficient (Wildman–Crippen LogP) is 3.64. The number of benzene rings is 2. The van der Waals surface area contributed by atoms with Gasteiger partial charge in [0, 0.05) is 0 Å². The van der Waals surface area contributed by atoms with Crippen LogP contribution in [0.1, 0.15) is 41.6 Å². The molecule has 2 aromatic rings. The highest BCUT2D eigenvalue weighted by Crippen LogP contribution is 2.28. The third-order valence-corrected chi connectivity index (χ3v) is 3.79. The number of hydrogen-bond donors (Lipinski definition) is 2. The molecule has 2 aromatic carbocycles. The van der Waals surface area contributed by atoms with Crippen LogP contribution in [-0.4, -0.2) is 6.61 Å². The Kier molecular flexibility index (Phi) is 5.37. The molecule has 3 heteroatoms. The van der Waals surface area contributed by atoms with Gasteiger partial charge < -0.3 is 4.74 Å². The van der Waals surface area contributed by atoms with Gasteiger partial charge in [-0.2, -0.15) is 0 Å². The van der Waals surface area contributed by atoms with E-state index in [0.717, 1.165) is 24.3 Å². The van der Waals surface area contributed by atoms with Crippen molar-refractivity contribution in [3.05, 3.63) is 64.7 Å². The first kappa shape index (κ1) is 15.5. The fourth-order valence-corrected chi connectivity index (χ4v) is 2.46. The Hall–Kier alpha value is -1.84. The summed E-state index contributed by atoms with van der Waals surface area (Å²) in [5.41, 5.74) is 7.77. The van der Waals surface area contributed by atoms with Crippen molar-refractivity contribution in [3.8, 4) is 5.75 Å². The van der Waals surface area contributed by atoms with Crippen LogP contribution in [0.25, 0.3) is 0 Å². The second kappa shape index (κ2) is 7.25. The molecule has 0 amide bonds. The Morgan fingerprint density at radius 3 is 2.62 bits per heavy atom. The first-order valence-corrected chi connectivity index (χ1v) is 7.42. The molecule has 0 fully saturated rings. The Labute approximate surface area is 127 Å². The van der Waals surface area contributed by atoms with Crippen LogP contribution in [0.5, 0.6) is 5.75 Å². The van der Waals surface area contributed by atoms with Crippen molar-refractivity contribution >= 4 is 0 Å². The zero-order valence-electron chi connectivity index (χ0n) is 13.0. The summed E-state index contributed by atoms with van der Waals surface area (Å²) in [5, 5.41) is 0. The summed E-state index contributed by atoms with van der Waals surface area (Å²) in [7, 11) is 0. The average molecular weight is 284 g/mol. The first-order valence-electron chi connectivity index (χ1n) is 7.42. The Balaban J connectivity index is 2.35. The third-order valence-electron chi connectivity index (χ3n) is 3.79. The maximum absolute atomic E-state index is 5.82. The Morgan fingerprint density at radius 1 is 1.14 bits per heavy atom. The van der Waals surface area contributed by atoms with Crippen molar-refractivity contribution < 1.29 is 4.74 Å². The summed E-state index contributed by atoms with van der Waals surface area (Å²) in [6.45, 7) is 7.08. The number of aryl methyl sites for hydroxylation is 1. The van der Waals surface area contributed by atoms with E-state index in [4.69, 9.17) is 10.6 Å². The molecule has 0 saturated carbocycles. The van der Waals surface area contributed by atoms with Crippen LogP contribution < -0.4 is 16.0 Å². The van der Waals surface area contributed by atoms with E-state index in [1.807, 2.05) is 12.1 Å². The van der Waals surface area contributed by atoms with E-state index in [1.165, 1.54) is 16.7 Å². The molecule has 0 radical (unpaired) electrons. The fourth-order valence-electron chi connectivity index (χ4n) is 2.46. The second-order valence-corrected chi connectivity index (χ2v) is 5.31. The molecular weight excluding hydrogens is 260 g/mol. The quantitative estimate of drug-likeness (QED) is 0.629.